The summed E-state index contributed by atoms with van der Waals surface area (Å²) in [5.74, 6) is 1.04. The quantitative estimate of drug-likeness (QED) is 0.750. The largest absolute Gasteiger partial charge is 0.352 e. The molecule has 1 amide bonds. The number of carbonyl (C=O) groups is 1. The molecule has 0 aromatic carbocycles. The van der Waals surface area contributed by atoms with Gasteiger partial charge in [-0.2, -0.15) is 4.98 Å². The summed E-state index contributed by atoms with van der Waals surface area (Å²) in [5.41, 5.74) is 0. The Morgan fingerprint density at radius 2 is 2.56 bits per heavy atom. The summed E-state index contributed by atoms with van der Waals surface area (Å²) in [6.07, 6.45) is 2.98. The van der Waals surface area contributed by atoms with E-state index in [0.717, 1.165) is 25.9 Å². The third-order valence-corrected chi connectivity index (χ3v) is 2.83. The molecule has 88 valence electrons. The average Bonchev–Trinajstić information content (AvgIpc) is 2.96. The lowest BCUT2D eigenvalue weighted by Crippen LogP contribution is -2.19. The van der Waals surface area contributed by atoms with Gasteiger partial charge in [-0.15, -0.1) is 0 Å². The highest BCUT2D eigenvalue weighted by atomic mass is 16.5. The molecule has 6 nitrogen and oxygen atoms in total. The van der Waals surface area contributed by atoms with Crippen LogP contribution in [0.3, 0.4) is 0 Å². The lowest BCUT2D eigenvalue weighted by molar-refractivity contribution is 0.0950. The average molecular weight is 224 g/mol. The van der Waals surface area contributed by atoms with Crippen molar-refractivity contribution in [2.45, 2.75) is 19.3 Å². The van der Waals surface area contributed by atoms with E-state index in [2.05, 4.69) is 20.8 Å². The molecule has 2 N–H and O–H groups in total. The van der Waals surface area contributed by atoms with Crippen LogP contribution in [0.1, 0.15) is 29.4 Å². The summed E-state index contributed by atoms with van der Waals surface area (Å²) < 4.78 is 5.01. The van der Waals surface area contributed by atoms with Crippen molar-refractivity contribution in [3.63, 3.8) is 0 Å². The Balaban J connectivity index is 1.85. The number of aryl methyl sites for hydroxylation is 1. The summed E-state index contributed by atoms with van der Waals surface area (Å²) in [6, 6.07) is 0. The van der Waals surface area contributed by atoms with Crippen molar-refractivity contribution in [1.82, 2.24) is 20.8 Å². The standard InChI is InChI=1S/C10H16N4O2/c1-11-10(15)9-13-8(16-14-9)3-2-7-4-5-12-6-7/h7,12H,2-6H2,1H3,(H,11,15). The molecule has 6 heteroatoms. The monoisotopic (exact) mass is 224 g/mol. The molecule has 0 radical (unpaired) electrons. The van der Waals surface area contributed by atoms with Gasteiger partial charge in [-0.3, -0.25) is 4.79 Å². The first-order valence-corrected chi connectivity index (χ1v) is 5.55. The first-order valence-electron chi connectivity index (χ1n) is 5.55. The minimum Gasteiger partial charge on any atom is -0.352 e. The van der Waals surface area contributed by atoms with E-state index in [9.17, 15) is 4.79 Å². The number of rotatable bonds is 4. The number of aromatic nitrogens is 2. The predicted molar refractivity (Wildman–Crippen MR) is 57.0 cm³/mol. The SMILES string of the molecule is CNC(=O)c1noc(CCC2CCNC2)n1. The second-order valence-corrected chi connectivity index (χ2v) is 3.99. The van der Waals surface area contributed by atoms with Gasteiger partial charge in [0.1, 0.15) is 0 Å². The second kappa shape index (κ2) is 5.07. The second-order valence-electron chi connectivity index (χ2n) is 3.99. The van der Waals surface area contributed by atoms with E-state index in [4.69, 9.17) is 4.52 Å². The van der Waals surface area contributed by atoms with Gasteiger partial charge in [0, 0.05) is 13.5 Å². The van der Waals surface area contributed by atoms with Crippen molar-refractivity contribution in [2.24, 2.45) is 5.92 Å². The smallest absolute Gasteiger partial charge is 0.292 e. The van der Waals surface area contributed by atoms with Crippen molar-refractivity contribution in [3.05, 3.63) is 11.7 Å². The maximum Gasteiger partial charge on any atom is 0.292 e. The lowest BCUT2D eigenvalue weighted by atomic mass is 10.0. The zero-order valence-corrected chi connectivity index (χ0v) is 9.32. The Hall–Kier alpha value is -1.43. The molecule has 2 heterocycles. The molecule has 1 aliphatic rings. The van der Waals surface area contributed by atoms with E-state index in [-0.39, 0.29) is 11.7 Å². The Morgan fingerprint density at radius 1 is 1.69 bits per heavy atom. The highest BCUT2D eigenvalue weighted by molar-refractivity contribution is 5.89. The number of nitrogens with one attached hydrogen (secondary N) is 2. The van der Waals surface area contributed by atoms with E-state index in [0.29, 0.717) is 11.8 Å². The highest BCUT2D eigenvalue weighted by Gasteiger charge is 2.17. The fourth-order valence-corrected chi connectivity index (χ4v) is 1.85. The van der Waals surface area contributed by atoms with Crippen molar-refractivity contribution in [3.8, 4) is 0 Å². The summed E-state index contributed by atoms with van der Waals surface area (Å²) in [5, 5.41) is 9.39. The van der Waals surface area contributed by atoms with Crippen LogP contribution >= 0.6 is 0 Å². The Morgan fingerprint density at radius 3 is 3.25 bits per heavy atom. The van der Waals surface area contributed by atoms with E-state index in [1.54, 1.807) is 7.05 Å². The minimum atomic E-state index is -0.308. The number of hydrogen-bond acceptors (Lipinski definition) is 5. The lowest BCUT2D eigenvalue weighted by Gasteiger charge is -2.03. The van der Waals surface area contributed by atoms with Gasteiger partial charge in [0.05, 0.1) is 0 Å². The molecule has 1 unspecified atom stereocenters. The molecule has 1 aliphatic heterocycles. The maximum absolute atomic E-state index is 11.2. The normalized spacial score (nSPS) is 19.9. The van der Waals surface area contributed by atoms with Crippen LogP contribution in [0.2, 0.25) is 0 Å². The first kappa shape index (κ1) is 11.1. The van der Waals surface area contributed by atoms with Gasteiger partial charge in [0.15, 0.2) is 0 Å². The molecule has 0 spiro atoms. The van der Waals surface area contributed by atoms with Crippen LogP contribution in [0.5, 0.6) is 0 Å². The third kappa shape index (κ3) is 2.57. The van der Waals surface area contributed by atoms with Crippen molar-refractivity contribution in [2.75, 3.05) is 20.1 Å². The zero-order chi connectivity index (χ0) is 11.4. The Kier molecular flexibility index (Phi) is 3.51. The maximum atomic E-state index is 11.2. The molecule has 1 fully saturated rings. The first-order chi connectivity index (χ1) is 7.79. The van der Waals surface area contributed by atoms with Crippen LogP contribution in [0.15, 0.2) is 4.52 Å². The van der Waals surface area contributed by atoms with Crippen LogP contribution in [0.25, 0.3) is 0 Å². The molecule has 0 aliphatic carbocycles. The molecular formula is C10H16N4O2. The van der Waals surface area contributed by atoms with Crippen LogP contribution in [-0.4, -0.2) is 36.2 Å². The van der Waals surface area contributed by atoms with Crippen molar-refractivity contribution >= 4 is 5.91 Å². The third-order valence-electron chi connectivity index (χ3n) is 2.83. The fourth-order valence-electron chi connectivity index (χ4n) is 1.85. The van der Waals surface area contributed by atoms with Gasteiger partial charge in [0.2, 0.25) is 5.89 Å². The highest BCUT2D eigenvalue weighted by Crippen LogP contribution is 2.14. The summed E-state index contributed by atoms with van der Waals surface area (Å²) in [4.78, 5) is 15.2. The van der Waals surface area contributed by atoms with E-state index < -0.39 is 0 Å². The Labute approximate surface area is 93.8 Å². The van der Waals surface area contributed by atoms with Crippen molar-refractivity contribution < 1.29 is 9.32 Å². The Bertz CT molecular complexity index is 357. The number of nitrogens with zero attached hydrogens (tertiary/aromatic N) is 2. The van der Waals surface area contributed by atoms with E-state index >= 15 is 0 Å². The van der Waals surface area contributed by atoms with Crippen LogP contribution in [0, 0.1) is 5.92 Å². The number of amides is 1. The zero-order valence-electron chi connectivity index (χ0n) is 9.32. The van der Waals surface area contributed by atoms with Gasteiger partial charge in [-0.25, -0.2) is 0 Å². The van der Waals surface area contributed by atoms with Gasteiger partial charge >= 0.3 is 0 Å². The van der Waals surface area contributed by atoms with Gasteiger partial charge < -0.3 is 15.2 Å². The van der Waals surface area contributed by atoms with Crippen LogP contribution < -0.4 is 10.6 Å². The van der Waals surface area contributed by atoms with Crippen LogP contribution in [-0.2, 0) is 6.42 Å². The molecule has 2 rings (SSSR count). The summed E-state index contributed by atoms with van der Waals surface area (Å²) >= 11 is 0. The van der Waals surface area contributed by atoms with Gasteiger partial charge in [-0.05, 0) is 31.8 Å². The fraction of sp³-hybridized carbons (Fsp3) is 0.700. The number of carbonyl (C=O) groups excluding carboxylic acids is 1. The summed E-state index contributed by atoms with van der Waals surface area (Å²) in [7, 11) is 1.54. The predicted octanol–water partition coefficient (Wildman–Crippen LogP) is -0.0287. The van der Waals surface area contributed by atoms with Gasteiger partial charge in [0.25, 0.3) is 11.7 Å². The molecular weight excluding hydrogens is 208 g/mol. The minimum absolute atomic E-state index is 0.113. The number of hydrogen-bond donors (Lipinski definition) is 2. The van der Waals surface area contributed by atoms with Gasteiger partial charge in [-0.1, -0.05) is 5.16 Å². The topological polar surface area (TPSA) is 80.0 Å². The molecule has 1 aromatic heterocycles. The molecule has 0 bridgehead atoms. The molecule has 16 heavy (non-hydrogen) atoms. The summed E-state index contributed by atoms with van der Waals surface area (Å²) in [6.45, 7) is 2.16. The van der Waals surface area contributed by atoms with E-state index in [1.165, 1.54) is 6.42 Å². The van der Waals surface area contributed by atoms with E-state index in [1.807, 2.05) is 0 Å². The van der Waals surface area contributed by atoms with Crippen LogP contribution in [0.4, 0.5) is 0 Å². The molecule has 0 saturated carbocycles. The van der Waals surface area contributed by atoms with Crippen molar-refractivity contribution in [1.29, 1.82) is 0 Å². The molecule has 1 aromatic rings. The molecule has 1 atom stereocenters. The molecule has 1 saturated heterocycles.